The van der Waals surface area contributed by atoms with Crippen LogP contribution in [0.15, 0.2) is 30.5 Å². The number of nitrogens with one attached hydrogen (secondary N) is 1. The van der Waals surface area contributed by atoms with Crippen molar-refractivity contribution < 1.29 is 13.2 Å². The molecule has 0 spiro atoms. The van der Waals surface area contributed by atoms with Gasteiger partial charge >= 0.3 is 6.18 Å². The van der Waals surface area contributed by atoms with Crippen LogP contribution in [0.1, 0.15) is 17.4 Å². The van der Waals surface area contributed by atoms with Crippen LogP contribution in [0.5, 0.6) is 0 Å². The summed E-state index contributed by atoms with van der Waals surface area (Å²) in [5.74, 6) is 0. The van der Waals surface area contributed by atoms with E-state index in [1.54, 1.807) is 12.3 Å². The lowest BCUT2D eigenvalue weighted by atomic mass is 10.1. The van der Waals surface area contributed by atoms with Crippen molar-refractivity contribution in [2.45, 2.75) is 25.6 Å². The first-order valence-corrected chi connectivity index (χ1v) is 7.02. The summed E-state index contributed by atoms with van der Waals surface area (Å²) < 4.78 is 38.9. The Kier molecular flexibility index (Phi) is 4.45. The molecular formula is C14H15F3N2S. The van der Waals surface area contributed by atoms with Gasteiger partial charge in [-0.05, 0) is 26.5 Å². The number of halogens is 3. The molecular weight excluding hydrogens is 285 g/mol. The second-order valence-electron chi connectivity index (χ2n) is 4.57. The average Bonchev–Trinajstić information content (AvgIpc) is 2.86. The summed E-state index contributed by atoms with van der Waals surface area (Å²) >= 11 is 1.31. The number of benzene rings is 1. The summed E-state index contributed by atoms with van der Waals surface area (Å²) in [4.78, 5) is 5.11. The van der Waals surface area contributed by atoms with E-state index in [2.05, 4.69) is 10.3 Å². The van der Waals surface area contributed by atoms with Crippen LogP contribution >= 0.6 is 11.3 Å². The minimum Gasteiger partial charge on any atom is -0.317 e. The predicted molar refractivity (Wildman–Crippen MR) is 74.8 cm³/mol. The van der Waals surface area contributed by atoms with Crippen molar-refractivity contribution >= 4 is 11.3 Å². The number of hydrogen-bond donors (Lipinski definition) is 1. The molecule has 6 heteroatoms. The van der Waals surface area contributed by atoms with Gasteiger partial charge in [0, 0.05) is 22.7 Å². The van der Waals surface area contributed by atoms with Gasteiger partial charge in [0.2, 0.25) is 0 Å². The molecule has 0 amide bonds. The average molecular weight is 300 g/mol. The van der Waals surface area contributed by atoms with E-state index in [4.69, 9.17) is 0 Å². The highest BCUT2D eigenvalue weighted by Gasteiger charge is 2.33. The second kappa shape index (κ2) is 5.93. The summed E-state index contributed by atoms with van der Waals surface area (Å²) in [5.41, 5.74) is -0.490. The Bertz CT molecular complexity index is 578. The number of thiazole rings is 1. The van der Waals surface area contributed by atoms with Gasteiger partial charge in [-0.25, -0.2) is 4.98 Å². The van der Waals surface area contributed by atoms with E-state index in [1.807, 2.05) is 14.0 Å². The van der Waals surface area contributed by atoms with E-state index in [-0.39, 0.29) is 11.6 Å². The third-order valence-electron chi connectivity index (χ3n) is 3.02. The molecule has 2 rings (SSSR count). The van der Waals surface area contributed by atoms with Gasteiger partial charge in [-0.3, -0.25) is 0 Å². The number of aromatic nitrogens is 1. The smallest absolute Gasteiger partial charge is 0.317 e. The number of likely N-dealkylation sites (N-methyl/N-ethyl adjacent to an activating group) is 1. The topological polar surface area (TPSA) is 24.9 Å². The van der Waals surface area contributed by atoms with Crippen molar-refractivity contribution in [3.8, 4) is 10.6 Å². The Morgan fingerprint density at radius 1 is 1.30 bits per heavy atom. The van der Waals surface area contributed by atoms with Crippen molar-refractivity contribution in [2.75, 3.05) is 7.05 Å². The Balaban J connectivity index is 2.33. The van der Waals surface area contributed by atoms with Crippen molar-refractivity contribution in [1.82, 2.24) is 10.3 Å². The Morgan fingerprint density at radius 3 is 2.65 bits per heavy atom. The molecule has 1 aromatic heterocycles. The van der Waals surface area contributed by atoms with Crippen LogP contribution in [0.25, 0.3) is 10.6 Å². The van der Waals surface area contributed by atoms with E-state index in [9.17, 15) is 13.2 Å². The van der Waals surface area contributed by atoms with Crippen molar-refractivity contribution in [3.05, 3.63) is 40.9 Å². The van der Waals surface area contributed by atoms with Crippen LogP contribution in [0, 0.1) is 0 Å². The lowest BCUT2D eigenvalue weighted by Gasteiger charge is -2.10. The van der Waals surface area contributed by atoms with Crippen molar-refractivity contribution in [3.63, 3.8) is 0 Å². The molecule has 0 radical (unpaired) electrons. The third-order valence-corrected chi connectivity index (χ3v) is 4.07. The molecule has 1 atom stereocenters. The van der Waals surface area contributed by atoms with Gasteiger partial charge in [0.05, 0.1) is 5.56 Å². The van der Waals surface area contributed by atoms with Gasteiger partial charge in [0.25, 0.3) is 0 Å². The Morgan fingerprint density at radius 2 is 2.00 bits per heavy atom. The Labute approximate surface area is 119 Å². The molecule has 0 aliphatic heterocycles. The van der Waals surface area contributed by atoms with Crippen LogP contribution in [0.4, 0.5) is 13.2 Å². The zero-order valence-corrected chi connectivity index (χ0v) is 12.0. The molecule has 0 aliphatic rings. The molecule has 1 heterocycles. The predicted octanol–water partition coefficient (Wildman–Crippen LogP) is 3.98. The first-order chi connectivity index (χ1) is 9.41. The molecule has 2 nitrogen and oxygen atoms in total. The number of hydrogen-bond acceptors (Lipinski definition) is 3. The molecule has 0 saturated heterocycles. The monoisotopic (exact) mass is 300 g/mol. The van der Waals surface area contributed by atoms with E-state index in [0.717, 1.165) is 17.4 Å². The maximum Gasteiger partial charge on any atom is 0.417 e. The highest BCUT2D eigenvalue weighted by atomic mass is 32.1. The Hall–Kier alpha value is -1.40. The van der Waals surface area contributed by atoms with Crippen LogP contribution in [0.2, 0.25) is 0 Å². The maximum atomic E-state index is 13.0. The highest BCUT2D eigenvalue weighted by Crippen LogP contribution is 2.38. The van der Waals surface area contributed by atoms with Crippen molar-refractivity contribution in [1.29, 1.82) is 0 Å². The zero-order chi connectivity index (χ0) is 14.8. The molecule has 0 fully saturated rings. The second-order valence-corrected chi connectivity index (χ2v) is 5.68. The van der Waals surface area contributed by atoms with Gasteiger partial charge in [0.1, 0.15) is 5.01 Å². The van der Waals surface area contributed by atoms with Crippen LogP contribution in [-0.2, 0) is 12.6 Å². The van der Waals surface area contributed by atoms with E-state index >= 15 is 0 Å². The normalized spacial score (nSPS) is 13.4. The minimum atomic E-state index is -4.36. The molecule has 1 aromatic carbocycles. The molecule has 2 aromatic rings. The summed E-state index contributed by atoms with van der Waals surface area (Å²) in [7, 11) is 1.85. The highest BCUT2D eigenvalue weighted by molar-refractivity contribution is 7.15. The van der Waals surface area contributed by atoms with Crippen LogP contribution < -0.4 is 5.32 Å². The fraction of sp³-hybridized carbons (Fsp3) is 0.357. The molecule has 1 unspecified atom stereocenters. The van der Waals surface area contributed by atoms with E-state index < -0.39 is 11.7 Å². The van der Waals surface area contributed by atoms with Crippen molar-refractivity contribution in [2.24, 2.45) is 0 Å². The van der Waals surface area contributed by atoms with E-state index in [1.165, 1.54) is 23.5 Å². The van der Waals surface area contributed by atoms with Gasteiger partial charge < -0.3 is 5.32 Å². The quantitative estimate of drug-likeness (QED) is 0.924. The van der Waals surface area contributed by atoms with Gasteiger partial charge in [-0.1, -0.05) is 18.2 Å². The third kappa shape index (κ3) is 3.37. The summed E-state index contributed by atoms with van der Waals surface area (Å²) in [5, 5.41) is 3.51. The van der Waals surface area contributed by atoms with Gasteiger partial charge in [0.15, 0.2) is 0 Å². The largest absolute Gasteiger partial charge is 0.417 e. The summed E-state index contributed by atoms with van der Waals surface area (Å²) in [6, 6.07) is 5.81. The molecule has 0 aliphatic carbocycles. The number of rotatable bonds is 4. The first-order valence-electron chi connectivity index (χ1n) is 6.20. The fourth-order valence-corrected chi connectivity index (χ4v) is 2.93. The summed E-state index contributed by atoms with van der Waals surface area (Å²) in [6.07, 6.45) is -1.95. The van der Waals surface area contributed by atoms with Crippen LogP contribution in [0.3, 0.4) is 0 Å². The lowest BCUT2D eigenvalue weighted by molar-refractivity contribution is -0.137. The maximum absolute atomic E-state index is 13.0. The minimum absolute atomic E-state index is 0.147. The fourth-order valence-electron chi connectivity index (χ4n) is 1.85. The standard InChI is InChI=1S/C14H15F3N2S/c1-9(18-2)7-10-8-19-13(20-10)11-5-3-4-6-12(11)14(15,16)17/h3-6,8-9,18H,7H2,1-2H3. The van der Waals surface area contributed by atoms with Gasteiger partial charge in [-0.2, -0.15) is 13.2 Å². The SMILES string of the molecule is CNC(C)Cc1cnc(-c2ccccc2C(F)(F)F)s1. The number of nitrogens with zero attached hydrogens (tertiary/aromatic N) is 1. The lowest BCUT2D eigenvalue weighted by Crippen LogP contribution is -2.22. The van der Waals surface area contributed by atoms with Crippen LogP contribution in [-0.4, -0.2) is 18.1 Å². The molecule has 1 N–H and O–H groups in total. The van der Waals surface area contributed by atoms with Gasteiger partial charge in [-0.15, -0.1) is 11.3 Å². The van der Waals surface area contributed by atoms with E-state index in [0.29, 0.717) is 5.01 Å². The number of alkyl halides is 3. The zero-order valence-electron chi connectivity index (χ0n) is 11.2. The molecule has 0 saturated carbocycles. The summed E-state index contributed by atoms with van der Waals surface area (Å²) in [6.45, 7) is 2.02. The molecule has 20 heavy (non-hydrogen) atoms. The molecule has 0 bridgehead atoms. The first kappa shape index (κ1) is 15.0. The molecule has 108 valence electrons.